The van der Waals surface area contributed by atoms with Gasteiger partial charge in [0.05, 0.1) is 23.5 Å². The molecule has 0 heterocycles. The number of nitrogens with one attached hydrogen (secondary N) is 1. The molecule has 5 heteroatoms. The molecule has 21 heavy (non-hydrogen) atoms. The largest absolute Gasteiger partial charge is 0.393 e. The molecule has 0 saturated carbocycles. The molecular formula is C16H22N2O2S. The fraction of sp³-hybridized carbons (Fsp3) is 0.500. The Bertz CT molecular complexity index is 480. The fourth-order valence-electron chi connectivity index (χ4n) is 1.68. The van der Waals surface area contributed by atoms with Crippen molar-refractivity contribution in [2.24, 2.45) is 5.92 Å². The number of carbonyl (C=O) groups is 1. The summed E-state index contributed by atoms with van der Waals surface area (Å²) in [5.41, 5.74) is 1.74. The summed E-state index contributed by atoms with van der Waals surface area (Å²) in [5, 5.41) is 21.1. The SMILES string of the molecule is CC(C)C(O)CCNC(=O)CSCc1ccc(C#N)cc1. The van der Waals surface area contributed by atoms with Crippen LogP contribution in [0.2, 0.25) is 0 Å². The number of aliphatic hydroxyl groups excluding tert-OH is 1. The van der Waals surface area contributed by atoms with E-state index in [1.807, 2.05) is 26.0 Å². The molecule has 0 aliphatic heterocycles. The van der Waals surface area contributed by atoms with Gasteiger partial charge < -0.3 is 10.4 Å². The highest BCUT2D eigenvalue weighted by Gasteiger charge is 2.09. The van der Waals surface area contributed by atoms with E-state index in [1.54, 1.807) is 12.1 Å². The second kappa shape index (κ2) is 9.43. The zero-order valence-electron chi connectivity index (χ0n) is 12.5. The minimum Gasteiger partial charge on any atom is -0.393 e. The van der Waals surface area contributed by atoms with Gasteiger partial charge in [0, 0.05) is 12.3 Å². The Hall–Kier alpha value is -1.51. The molecule has 0 saturated heterocycles. The molecule has 114 valence electrons. The third-order valence-corrected chi connectivity index (χ3v) is 4.12. The molecule has 1 aromatic rings. The van der Waals surface area contributed by atoms with Gasteiger partial charge in [-0.3, -0.25) is 4.79 Å². The predicted octanol–water partition coefficient (Wildman–Crippen LogP) is 2.31. The Morgan fingerprint density at radius 3 is 2.62 bits per heavy atom. The average molecular weight is 306 g/mol. The van der Waals surface area contributed by atoms with Gasteiger partial charge in [0.1, 0.15) is 0 Å². The van der Waals surface area contributed by atoms with Crippen molar-refractivity contribution in [3.8, 4) is 6.07 Å². The number of nitriles is 1. The average Bonchev–Trinajstić information content (AvgIpc) is 2.47. The first-order chi connectivity index (χ1) is 10.0. The van der Waals surface area contributed by atoms with Crippen LogP contribution in [0.15, 0.2) is 24.3 Å². The number of benzene rings is 1. The molecule has 0 aliphatic rings. The summed E-state index contributed by atoms with van der Waals surface area (Å²) in [7, 11) is 0. The van der Waals surface area contributed by atoms with Gasteiger partial charge in [0.15, 0.2) is 0 Å². The number of carbonyl (C=O) groups excluding carboxylic acids is 1. The topological polar surface area (TPSA) is 73.1 Å². The van der Waals surface area contributed by atoms with Gasteiger partial charge in [-0.25, -0.2) is 0 Å². The Balaban J connectivity index is 2.17. The van der Waals surface area contributed by atoms with Crippen LogP contribution in [-0.4, -0.2) is 29.4 Å². The lowest BCUT2D eigenvalue weighted by molar-refractivity contribution is -0.118. The van der Waals surface area contributed by atoms with E-state index in [4.69, 9.17) is 5.26 Å². The van der Waals surface area contributed by atoms with Crippen molar-refractivity contribution in [2.45, 2.75) is 32.1 Å². The number of rotatable bonds is 8. The van der Waals surface area contributed by atoms with Gasteiger partial charge in [-0.05, 0) is 30.0 Å². The Kier molecular flexibility index (Phi) is 7.88. The second-order valence-electron chi connectivity index (χ2n) is 5.25. The molecule has 0 fully saturated rings. The highest BCUT2D eigenvalue weighted by molar-refractivity contribution is 7.99. The highest BCUT2D eigenvalue weighted by Crippen LogP contribution is 2.12. The van der Waals surface area contributed by atoms with Crippen LogP contribution < -0.4 is 5.32 Å². The molecule has 0 radical (unpaired) electrons. The van der Waals surface area contributed by atoms with Crippen LogP contribution in [0.1, 0.15) is 31.4 Å². The van der Waals surface area contributed by atoms with Gasteiger partial charge in [-0.15, -0.1) is 11.8 Å². The van der Waals surface area contributed by atoms with E-state index in [1.165, 1.54) is 11.8 Å². The van der Waals surface area contributed by atoms with E-state index in [2.05, 4.69) is 11.4 Å². The van der Waals surface area contributed by atoms with Crippen LogP contribution in [0.25, 0.3) is 0 Å². The molecule has 0 bridgehead atoms. The minimum atomic E-state index is -0.364. The quantitative estimate of drug-likeness (QED) is 0.773. The van der Waals surface area contributed by atoms with Crippen molar-refractivity contribution in [1.29, 1.82) is 5.26 Å². The van der Waals surface area contributed by atoms with E-state index in [-0.39, 0.29) is 17.9 Å². The molecule has 1 rings (SSSR count). The number of thioether (sulfide) groups is 1. The van der Waals surface area contributed by atoms with E-state index in [0.717, 1.165) is 11.3 Å². The zero-order valence-corrected chi connectivity index (χ0v) is 13.3. The van der Waals surface area contributed by atoms with Crippen LogP contribution in [0, 0.1) is 17.2 Å². The molecule has 0 aromatic heterocycles. The van der Waals surface area contributed by atoms with Crippen LogP contribution in [0.3, 0.4) is 0 Å². The molecule has 1 atom stereocenters. The summed E-state index contributed by atoms with van der Waals surface area (Å²) in [6.45, 7) is 4.43. The van der Waals surface area contributed by atoms with E-state index < -0.39 is 0 Å². The van der Waals surface area contributed by atoms with Gasteiger partial charge >= 0.3 is 0 Å². The molecule has 0 spiro atoms. The van der Waals surface area contributed by atoms with Gasteiger partial charge in [0.2, 0.25) is 5.91 Å². The second-order valence-corrected chi connectivity index (χ2v) is 6.24. The van der Waals surface area contributed by atoms with Crippen molar-refractivity contribution in [1.82, 2.24) is 5.32 Å². The Morgan fingerprint density at radius 2 is 2.05 bits per heavy atom. The standard InChI is InChI=1S/C16H22N2O2S/c1-12(2)15(19)7-8-18-16(20)11-21-10-14-5-3-13(9-17)4-6-14/h3-6,12,15,19H,7-8,10-11H2,1-2H3,(H,18,20). The summed E-state index contributed by atoms with van der Waals surface area (Å²) in [6.07, 6.45) is 0.223. The number of nitrogens with zero attached hydrogens (tertiary/aromatic N) is 1. The number of hydrogen-bond donors (Lipinski definition) is 2. The van der Waals surface area contributed by atoms with Crippen LogP contribution in [0.4, 0.5) is 0 Å². The van der Waals surface area contributed by atoms with E-state index in [0.29, 0.717) is 24.3 Å². The zero-order chi connectivity index (χ0) is 15.7. The number of aliphatic hydroxyl groups is 1. The first-order valence-electron chi connectivity index (χ1n) is 7.04. The number of hydrogen-bond acceptors (Lipinski definition) is 4. The molecular weight excluding hydrogens is 284 g/mol. The van der Waals surface area contributed by atoms with Crippen LogP contribution in [-0.2, 0) is 10.5 Å². The Morgan fingerprint density at radius 1 is 1.38 bits per heavy atom. The lowest BCUT2D eigenvalue weighted by Gasteiger charge is -2.14. The predicted molar refractivity (Wildman–Crippen MR) is 85.8 cm³/mol. The summed E-state index contributed by atoms with van der Waals surface area (Å²) >= 11 is 1.54. The summed E-state index contributed by atoms with van der Waals surface area (Å²) < 4.78 is 0. The van der Waals surface area contributed by atoms with Gasteiger partial charge in [-0.2, -0.15) is 5.26 Å². The van der Waals surface area contributed by atoms with E-state index in [9.17, 15) is 9.90 Å². The van der Waals surface area contributed by atoms with Crippen LogP contribution >= 0.6 is 11.8 Å². The van der Waals surface area contributed by atoms with Crippen molar-refractivity contribution in [3.05, 3.63) is 35.4 Å². The monoisotopic (exact) mass is 306 g/mol. The fourth-order valence-corrected chi connectivity index (χ4v) is 2.50. The normalized spacial score (nSPS) is 12.0. The van der Waals surface area contributed by atoms with Crippen molar-refractivity contribution < 1.29 is 9.90 Å². The first-order valence-corrected chi connectivity index (χ1v) is 8.20. The van der Waals surface area contributed by atoms with Crippen molar-refractivity contribution in [3.63, 3.8) is 0 Å². The molecule has 0 aliphatic carbocycles. The molecule has 1 amide bonds. The van der Waals surface area contributed by atoms with Crippen molar-refractivity contribution >= 4 is 17.7 Å². The molecule has 1 aromatic carbocycles. The summed E-state index contributed by atoms with van der Waals surface area (Å²) in [6, 6.07) is 9.45. The minimum absolute atomic E-state index is 0.00963. The van der Waals surface area contributed by atoms with Crippen molar-refractivity contribution in [2.75, 3.05) is 12.3 Å². The highest BCUT2D eigenvalue weighted by atomic mass is 32.2. The van der Waals surface area contributed by atoms with E-state index >= 15 is 0 Å². The first kappa shape index (κ1) is 17.5. The summed E-state index contributed by atoms with van der Waals surface area (Å²) in [4.78, 5) is 11.6. The number of amides is 1. The maximum atomic E-state index is 11.6. The molecule has 4 nitrogen and oxygen atoms in total. The third-order valence-electron chi connectivity index (χ3n) is 3.12. The van der Waals surface area contributed by atoms with Gasteiger partial charge in [-0.1, -0.05) is 26.0 Å². The maximum absolute atomic E-state index is 11.6. The Labute approximate surface area is 130 Å². The smallest absolute Gasteiger partial charge is 0.230 e. The lowest BCUT2D eigenvalue weighted by atomic mass is 10.0. The van der Waals surface area contributed by atoms with Crippen LogP contribution in [0.5, 0.6) is 0 Å². The third kappa shape index (κ3) is 7.16. The van der Waals surface area contributed by atoms with Gasteiger partial charge in [0.25, 0.3) is 0 Å². The maximum Gasteiger partial charge on any atom is 0.230 e. The molecule has 1 unspecified atom stereocenters. The lowest BCUT2D eigenvalue weighted by Crippen LogP contribution is -2.29. The molecule has 2 N–H and O–H groups in total. The summed E-state index contributed by atoms with van der Waals surface area (Å²) in [5.74, 6) is 1.35.